The van der Waals surface area contributed by atoms with Crippen LogP contribution in [-0.4, -0.2) is 18.1 Å². The second-order valence-electron chi connectivity index (χ2n) is 6.92. The number of rotatable bonds is 7. The predicted molar refractivity (Wildman–Crippen MR) is 123 cm³/mol. The van der Waals surface area contributed by atoms with Gasteiger partial charge in [-0.25, -0.2) is 4.98 Å². The molecule has 0 amide bonds. The lowest BCUT2D eigenvalue weighted by molar-refractivity contribution is 0.568. The Morgan fingerprint density at radius 1 is 0.966 bits per heavy atom. The van der Waals surface area contributed by atoms with E-state index in [1.807, 2.05) is 6.07 Å². The number of anilines is 3. The van der Waals surface area contributed by atoms with Crippen LogP contribution in [-0.2, 0) is 0 Å². The Kier molecular flexibility index (Phi) is 5.67. The van der Waals surface area contributed by atoms with Crippen molar-refractivity contribution in [2.45, 2.75) is 20.8 Å². The van der Waals surface area contributed by atoms with Crippen molar-refractivity contribution in [3.8, 4) is 22.4 Å². The third kappa shape index (κ3) is 4.20. The van der Waals surface area contributed by atoms with Gasteiger partial charge in [-0.05, 0) is 50.1 Å². The van der Waals surface area contributed by atoms with E-state index in [0.29, 0.717) is 0 Å². The topological polar surface area (TPSA) is 41.3 Å². The second kappa shape index (κ2) is 8.53. The lowest BCUT2D eigenvalue weighted by atomic mass is 10.1. The molecule has 4 rings (SSSR count). The lowest BCUT2D eigenvalue weighted by Crippen LogP contribution is -2.21. The van der Waals surface area contributed by atoms with Gasteiger partial charge in [-0.1, -0.05) is 30.3 Å². The zero-order valence-electron chi connectivity index (χ0n) is 17.0. The Labute approximate surface area is 175 Å². The van der Waals surface area contributed by atoms with E-state index in [0.717, 1.165) is 46.3 Å². The highest BCUT2D eigenvalue weighted by molar-refractivity contribution is 7.14. The van der Waals surface area contributed by atoms with Gasteiger partial charge in [0.05, 0.1) is 18.2 Å². The summed E-state index contributed by atoms with van der Waals surface area (Å²) in [4.78, 5) is 7.15. The third-order valence-corrected chi connectivity index (χ3v) is 5.89. The molecular formula is C24H25N3OS. The van der Waals surface area contributed by atoms with Crippen molar-refractivity contribution in [3.63, 3.8) is 0 Å². The fourth-order valence-corrected chi connectivity index (χ4v) is 4.10. The maximum absolute atomic E-state index is 5.17. The van der Waals surface area contributed by atoms with Crippen LogP contribution in [0.5, 0.6) is 0 Å². The first-order chi connectivity index (χ1) is 14.2. The van der Waals surface area contributed by atoms with E-state index in [1.54, 1.807) is 23.9 Å². The van der Waals surface area contributed by atoms with E-state index in [2.05, 4.69) is 78.8 Å². The maximum Gasteiger partial charge on any atom is 0.187 e. The molecule has 0 spiro atoms. The Bertz CT molecular complexity index is 1060. The number of hydrogen-bond acceptors (Lipinski definition) is 5. The lowest BCUT2D eigenvalue weighted by Gasteiger charge is -2.22. The van der Waals surface area contributed by atoms with Crippen molar-refractivity contribution in [2.75, 3.05) is 23.3 Å². The van der Waals surface area contributed by atoms with E-state index < -0.39 is 0 Å². The van der Waals surface area contributed by atoms with E-state index in [-0.39, 0.29) is 0 Å². The highest BCUT2D eigenvalue weighted by Crippen LogP contribution is 2.31. The van der Waals surface area contributed by atoms with Crippen LogP contribution in [0.4, 0.5) is 16.5 Å². The number of furan rings is 1. The minimum atomic E-state index is 0.902. The average Bonchev–Trinajstić information content (AvgIpc) is 3.44. The van der Waals surface area contributed by atoms with Crippen LogP contribution < -0.4 is 10.2 Å². The van der Waals surface area contributed by atoms with E-state index in [1.165, 1.54) is 11.3 Å². The Morgan fingerprint density at radius 2 is 1.72 bits per heavy atom. The molecule has 0 unspecified atom stereocenters. The normalized spacial score (nSPS) is 10.9. The average molecular weight is 404 g/mol. The largest absolute Gasteiger partial charge is 0.472 e. The fraction of sp³-hybridized carbons (Fsp3) is 0.208. The van der Waals surface area contributed by atoms with Gasteiger partial charge >= 0.3 is 0 Å². The van der Waals surface area contributed by atoms with Crippen LogP contribution in [0.25, 0.3) is 22.4 Å². The minimum Gasteiger partial charge on any atom is -0.472 e. The summed E-state index contributed by atoms with van der Waals surface area (Å²) in [6.07, 6.45) is 3.45. The minimum absolute atomic E-state index is 0.902. The molecule has 2 aromatic carbocycles. The van der Waals surface area contributed by atoms with Gasteiger partial charge in [0.25, 0.3) is 0 Å². The van der Waals surface area contributed by atoms with E-state index in [9.17, 15) is 0 Å². The first-order valence-electron chi connectivity index (χ1n) is 9.89. The van der Waals surface area contributed by atoms with Crippen molar-refractivity contribution < 1.29 is 4.42 Å². The molecule has 29 heavy (non-hydrogen) atoms. The molecule has 0 atom stereocenters. The molecule has 0 aliphatic heterocycles. The number of hydrogen-bond donors (Lipinski definition) is 1. The molecule has 0 aliphatic carbocycles. The number of thiazole rings is 1. The summed E-state index contributed by atoms with van der Waals surface area (Å²) in [6, 6.07) is 16.9. The van der Waals surface area contributed by atoms with Crippen LogP contribution >= 0.6 is 11.3 Å². The van der Waals surface area contributed by atoms with Crippen molar-refractivity contribution in [2.24, 2.45) is 0 Å². The fourth-order valence-electron chi connectivity index (χ4n) is 3.37. The smallest absolute Gasteiger partial charge is 0.187 e. The first kappa shape index (κ1) is 19.3. The summed E-state index contributed by atoms with van der Waals surface area (Å²) in [5.74, 6) is 0. The highest BCUT2D eigenvalue weighted by atomic mass is 32.1. The molecule has 2 aromatic heterocycles. The molecule has 0 bridgehead atoms. The van der Waals surface area contributed by atoms with E-state index >= 15 is 0 Å². The number of benzene rings is 2. The molecule has 0 saturated heterocycles. The summed E-state index contributed by atoms with van der Waals surface area (Å²) in [6.45, 7) is 8.48. The molecule has 4 nitrogen and oxygen atoms in total. The number of aryl methyl sites for hydroxylation is 1. The summed E-state index contributed by atoms with van der Waals surface area (Å²) >= 11 is 1.62. The molecule has 0 radical (unpaired) electrons. The van der Waals surface area contributed by atoms with E-state index in [4.69, 9.17) is 9.40 Å². The van der Waals surface area contributed by atoms with Gasteiger partial charge in [0, 0.05) is 41.0 Å². The highest BCUT2D eigenvalue weighted by Gasteiger charge is 2.09. The number of aromatic nitrogens is 1. The van der Waals surface area contributed by atoms with Crippen LogP contribution in [0.1, 0.15) is 19.4 Å². The number of nitrogens with one attached hydrogen (secondary N) is 1. The van der Waals surface area contributed by atoms with Crippen molar-refractivity contribution in [3.05, 3.63) is 72.0 Å². The Hall–Kier alpha value is -3.05. The molecule has 4 aromatic rings. The van der Waals surface area contributed by atoms with Gasteiger partial charge in [-0.15, -0.1) is 11.3 Å². The molecule has 1 N–H and O–H groups in total. The molecule has 0 aliphatic rings. The quantitative estimate of drug-likeness (QED) is 0.362. The van der Waals surface area contributed by atoms with Crippen molar-refractivity contribution in [1.82, 2.24) is 4.98 Å². The van der Waals surface area contributed by atoms with Gasteiger partial charge < -0.3 is 14.6 Å². The van der Waals surface area contributed by atoms with Crippen molar-refractivity contribution >= 4 is 27.8 Å². The standard InChI is InChI=1S/C24H25N3OS/c1-4-27(5-2)21-11-6-17(3)22(14-21)25-24-26-23(16-29-24)19-9-7-18(8-10-19)20-12-13-28-15-20/h6-16H,4-5H2,1-3H3,(H,25,26). The molecule has 148 valence electrons. The van der Waals surface area contributed by atoms with Gasteiger partial charge in [0.2, 0.25) is 0 Å². The van der Waals surface area contributed by atoms with Crippen LogP contribution in [0.2, 0.25) is 0 Å². The zero-order valence-corrected chi connectivity index (χ0v) is 17.8. The molecule has 0 fully saturated rings. The van der Waals surface area contributed by atoms with Gasteiger partial charge in [0.15, 0.2) is 5.13 Å². The van der Waals surface area contributed by atoms with Gasteiger partial charge in [-0.2, -0.15) is 0 Å². The summed E-state index contributed by atoms with van der Waals surface area (Å²) in [5.41, 5.74) is 7.85. The molecule has 2 heterocycles. The molecule has 0 saturated carbocycles. The van der Waals surface area contributed by atoms with Crippen LogP contribution in [0.3, 0.4) is 0 Å². The van der Waals surface area contributed by atoms with Crippen LogP contribution in [0, 0.1) is 6.92 Å². The zero-order chi connectivity index (χ0) is 20.2. The first-order valence-corrected chi connectivity index (χ1v) is 10.8. The summed E-state index contributed by atoms with van der Waals surface area (Å²) in [5, 5.41) is 6.51. The van der Waals surface area contributed by atoms with Crippen molar-refractivity contribution in [1.29, 1.82) is 0 Å². The maximum atomic E-state index is 5.17. The van der Waals surface area contributed by atoms with Gasteiger partial charge in [-0.3, -0.25) is 0 Å². The monoisotopic (exact) mass is 403 g/mol. The molecular weight excluding hydrogens is 378 g/mol. The summed E-state index contributed by atoms with van der Waals surface area (Å²) < 4.78 is 5.17. The van der Waals surface area contributed by atoms with Crippen LogP contribution in [0.15, 0.2) is 70.9 Å². The third-order valence-electron chi connectivity index (χ3n) is 5.13. The Morgan fingerprint density at radius 3 is 2.41 bits per heavy atom. The second-order valence-corrected chi connectivity index (χ2v) is 7.78. The molecule has 5 heteroatoms. The summed E-state index contributed by atoms with van der Waals surface area (Å²) in [7, 11) is 0. The SMILES string of the molecule is CCN(CC)c1ccc(C)c(Nc2nc(-c3ccc(-c4ccoc4)cc3)cs2)c1. The Balaban J connectivity index is 1.53. The number of nitrogens with zero attached hydrogens (tertiary/aromatic N) is 2. The predicted octanol–water partition coefficient (Wildman–Crippen LogP) is 6.97. The van der Waals surface area contributed by atoms with Gasteiger partial charge in [0.1, 0.15) is 0 Å².